The van der Waals surface area contributed by atoms with Crippen LogP contribution in [0.5, 0.6) is 0 Å². The first-order chi connectivity index (χ1) is 9.46. The highest BCUT2D eigenvalue weighted by molar-refractivity contribution is 9.09. The minimum atomic E-state index is -3.43. The van der Waals surface area contributed by atoms with Crippen LogP contribution in [0.3, 0.4) is 0 Å². The lowest BCUT2D eigenvalue weighted by molar-refractivity contribution is 0.1000. The van der Waals surface area contributed by atoms with E-state index >= 15 is 0 Å². The highest BCUT2D eigenvalue weighted by Gasteiger charge is 2.24. The predicted octanol–water partition coefficient (Wildman–Crippen LogP) is 0.932. The summed E-state index contributed by atoms with van der Waals surface area (Å²) in [6.45, 7) is 2.05. The summed E-state index contributed by atoms with van der Waals surface area (Å²) in [5, 5.41) is 0.784. The molecular formula is C12H18BrN3O3S. The molecule has 1 aromatic heterocycles. The number of rotatable bonds is 4. The molecule has 112 valence electrons. The molecule has 0 amide bonds. The maximum Gasteiger partial charge on any atom is 0.244 e. The van der Waals surface area contributed by atoms with Crippen LogP contribution in [-0.4, -0.2) is 62.9 Å². The number of morpholine rings is 1. The molecule has 20 heavy (non-hydrogen) atoms. The summed E-state index contributed by atoms with van der Waals surface area (Å²) in [5.74, 6) is 0.774. The monoisotopic (exact) mass is 363 g/mol. The van der Waals surface area contributed by atoms with Gasteiger partial charge in [-0.1, -0.05) is 15.9 Å². The van der Waals surface area contributed by atoms with Crippen molar-refractivity contribution < 1.29 is 13.2 Å². The summed E-state index contributed by atoms with van der Waals surface area (Å²) in [7, 11) is -0.413. The number of hydrogen-bond donors (Lipinski definition) is 0. The summed E-state index contributed by atoms with van der Waals surface area (Å²) < 4.78 is 30.6. The smallest absolute Gasteiger partial charge is 0.244 e. The van der Waals surface area contributed by atoms with Crippen molar-refractivity contribution in [3.63, 3.8) is 0 Å². The van der Waals surface area contributed by atoms with Gasteiger partial charge in [0.2, 0.25) is 10.0 Å². The number of hydrogen-bond acceptors (Lipinski definition) is 5. The predicted molar refractivity (Wildman–Crippen MR) is 80.9 cm³/mol. The van der Waals surface area contributed by atoms with Gasteiger partial charge in [0.25, 0.3) is 0 Å². The van der Waals surface area contributed by atoms with Gasteiger partial charge in [-0.25, -0.2) is 17.7 Å². The Morgan fingerprint density at radius 3 is 2.80 bits per heavy atom. The number of nitrogens with zero attached hydrogens (tertiary/aromatic N) is 3. The SMILES string of the molecule is CN(C)S(=O)(=O)c1ccc(N2CCOCC2CBr)nc1. The Balaban J connectivity index is 2.24. The fourth-order valence-electron chi connectivity index (χ4n) is 1.99. The Labute approximate surface area is 127 Å². The van der Waals surface area contributed by atoms with Gasteiger partial charge in [-0.05, 0) is 12.1 Å². The molecule has 2 rings (SSSR count). The highest BCUT2D eigenvalue weighted by atomic mass is 79.9. The van der Waals surface area contributed by atoms with Gasteiger partial charge in [0.15, 0.2) is 0 Å². The van der Waals surface area contributed by atoms with E-state index in [0.29, 0.717) is 13.2 Å². The molecule has 0 N–H and O–H groups in total. The first-order valence-electron chi connectivity index (χ1n) is 6.25. The van der Waals surface area contributed by atoms with Crippen molar-refractivity contribution in [3.8, 4) is 0 Å². The van der Waals surface area contributed by atoms with E-state index in [4.69, 9.17) is 4.74 Å². The van der Waals surface area contributed by atoms with Crippen molar-refractivity contribution in [2.45, 2.75) is 10.9 Å². The zero-order valence-corrected chi connectivity index (χ0v) is 13.9. The van der Waals surface area contributed by atoms with Crippen LogP contribution in [0.4, 0.5) is 5.82 Å². The largest absolute Gasteiger partial charge is 0.377 e. The fourth-order valence-corrected chi connectivity index (χ4v) is 3.37. The van der Waals surface area contributed by atoms with Crippen molar-refractivity contribution in [1.29, 1.82) is 0 Å². The Hall–Kier alpha value is -0.700. The molecule has 1 saturated heterocycles. The Morgan fingerprint density at radius 2 is 2.25 bits per heavy atom. The molecule has 8 heteroatoms. The normalized spacial score (nSPS) is 20.4. The number of ether oxygens (including phenoxy) is 1. The summed E-state index contributed by atoms with van der Waals surface area (Å²) >= 11 is 3.46. The summed E-state index contributed by atoms with van der Waals surface area (Å²) in [6.07, 6.45) is 1.41. The Bertz CT molecular complexity index is 548. The van der Waals surface area contributed by atoms with E-state index in [1.165, 1.54) is 24.6 Å². The standard InChI is InChI=1S/C12H18BrN3O3S/c1-15(2)20(17,18)11-3-4-12(14-8-11)16-5-6-19-9-10(16)7-13/h3-4,8,10H,5-7,9H2,1-2H3. The lowest BCUT2D eigenvalue weighted by Gasteiger charge is -2.35. The van der Waals surface area contributed by atoms with Crippen LogP contribution in [0.25, 0.3) is 0 Å². The molecule has 6 nitrogen and oxygen atoms in total. The van der Waals surface area contributed by atoms with Gasteiger partial charge < -0.3 is 9.64 Å². The van der Waals surface area contributed by atoms with E-state index in [9.17, 15) is 8.42 Å². The van der Waals surface area contributed by atoms with E-state index in [0.717, 1.165) is 17.7 Å². The number of aromatic nitrogens is 1. The van der Waals surface area contributed by atoms with Crippen molar-refractivity contribution >= 4 is 31.8 Å². The summed E-state index contributed by atoms with van der Waals surface area (Å²) in [6, 6.07) is 3.56. The van der Waals surface area contributed by atoms with Crippen LogP contribution >= 0.6 is 15.9 Å². The molecule has 1 aromatic rings. The summed E-state index contributed by atoms with van der Waals surface area (Å²) in [5.41, 5.74) is 0. The molecule has 0 aliphatic carbocycles. The Morgan fingerprint density at radius 1 is 1.50 bits per heavy atom. The van der Waals surface area contributed by atoms with Gasteiger partial charge in [-0.15, -0.1) is 0 Å². The molecule has 0 spiro atoms. The third kappa shape index (κ3) is 3.13. The van der Waals surface area contributed by atoms with Gasteiger partial charge >= 0.3 is 0 Å². The van der Waals surface area contributed by atoms with Crippen molar-refractivity contribution in [1.82, 2.24) is 9.29 Å². The molecule has 0 bridgehead atoms. The first kappa shape index (κ1) is 15.7. The molecule has 0 aromatic carbocycles. The van der Waals surface area contributed by atoms with Gasteiger partial charge in [-0.2, -0.15) is 0 Å². The molecule has 2 heterocycles. The zero-order valence-electron chi connectivity index (χ0n) is 11.5. The molecule has 0 radical (unpaired) electrons. The second kappa shape index (κ2) is 6.38. The molecule has 0 saturated carbocycles. The number of halogens is 1. The van der Waals surface area contributed by atoms with E-state index < -0.39 is 10.0 Å². The third-order valence-electron chi connectivity index (χ3n) is 3.20. The molecule has 1 aliphatic heterocycles. The second-order valence-corrected chi connectivity index (χ2v) is 7.52. The van der Waals surface area contributed by atoms with Crippen LogP contribution in [0.15, 0.2) is 23.2 Å². The van der Waals surface area contributed by atoms with Gasteiger partial charge in [0.1, 0.15) is 10.7 Å². The van der Waals surface area contributed by atoms with Gasteiger partial charge in [0.05, 0.1) is 19.3 Å². The number of alkyl halides is 1. The second-order valence-electron chi connectivity index (χ2n) is 4.72. The maximum atomic E-state index is 12.0. The summed E-state index contributed by atoms with van der Waals surface area (Å²) in [4.78, 5) is 6.63. The third-order valence-corrected chi connectivity index (χ3v) is 5.75. The van der Waals surface area contributed by atoms with E-state index in [1.54, 1.807) is 12.1 Å². The average molecular weight is 364 g/mol. The molecule has 1 atom stereocenters. The van der Waals surface area contributed by atoms with Gasteiger partial charge in [0, 0.05) is 32.2 Å². The first-order valence-corrected chi connectivity index (χ1v) is 8.82. The minimum Gasteiger partial charge on any atom is -0.377 e. The lowest BCUT2D eigenvalue weighted by atomic mass is 10.2. The van der Waals surface area contributed by atoms with E-state index in [-0.39, 0.29) is 10.9 Å². The molecular weight excluding hydrogens is 346 g/mol. The van der Waals surface area contributed by atoms with Crippen LogP contribution in [-0.2, 0) is 14.8 Å². The quantitative estimate of drug-likeness (QED) is 0.744. The van der Waals surface area contributed by atoms with E-state index in [1.807, 2.05) is 0 Å². The topological polar surface area (TPSA) is 62.7 Å². The van der Waals surface area contributed by atoms with Crippen molar-refractivity contribution in [2.24, 2.45) is 0 Å². The van der Waals surface area contributed by atoms with Crippen LogP contribution in [0.2, 0.25) is 0 Å². The zero-order chi connectivity index (χ0) is 14.8. The molecule has 1 unspecified atom stereocenters. The van der Waals surface area contributed by atoms with Crippen LogP contribution in [0, 0.1) is 0 Å². The molecule has 1 aliphatic rings. The van der Waals surface area contributed by atoms with Crippen LogP contribution in [0.1, 0.15) is 0 Å². The number of anilines is 1. The fraction of sp³-hybridized carbons (Fsp3) is 0.583. The van der Waals surface area contributed by atoms with Gasteiger partial charge in [-0.3, -0.25) is 0 Å². The Kier molecular flexibility index (Phi) is 5.00. The molecule has 1 fully saturated rings. The maximum absolute atomic E-state index is 12.0. The van der Waals surface area contributed by atoms with Crippen molar-refractivity contribution in [3.05, 3.63) is 18.3 Å². The lowest BCUT2D eigenvalue weighted by Crippen LogP contribution is -2.47. The highest BCUT2D eigenvalue weighted by Crippen LogP contribution is 2.21. The number of sulfonamides is 1. The average Bonchev–Trinajstić information content (AvgIpc) is 2.47. The van der Waals surface area contributed by atoms with Crippen molar-refractivity contribution in [2.75, 3.05) is 44.1 Å². The minimum absolute atomic E-state index is 0.204. The number of pyridine rings is 1. The van der Waals surface area contributed by atoms with Crippen LogP contribution < -0.4 is 4.90 Å². The van der Waals surface area contributed by atoms with E-state index in [2.05, 4.69) is 25.8 Å².